The van der Waals surface area contributed by atoms with E-state index in [2.05, 4.69) is 10.3 Å². The molecule has 0 spiro atoms. The largest absolute Gasteiger partial charge is 0.351 e. The predicted octanol–water partition coefficient (Wildman–Crippen LogP) is 2.67. The number of carbonyl (C=O) groups excluding carboxylic acids is 1. The van der Waals surface area contributed by atoms with Gasteiger partial charge in [-0.25, -0.2) is 0 Å². The molecule has 2 rings (SSSR count). The van der Waals surface area contributed by atoms with Crippen LogP contribution in [0, 0.1) is 6.92 Å². The Morgan fingerprint density at radius 3 is 3.18 bits per heavy atom. The van der Waals surface area contributed by atoms with Gasteiger partial charge in [0.15, 0.2) is 0 Å². The van der Waals surface area contributed by atoms with E-state index in [0.29, 0.717) is 22.4 Å². The van der Waals surface area contributed by atoms with Gasteiger partial charge in [0.05, 0.1) is 10.6 Å². The standard InChI is InChI=1S/C12H15ClN2OS/c1-8-5-11(13)10(7-14-8)12(16)15-6-9-3-2-4-17-9/h5,7,9H,2-4,6H2,1H3,(H,15,16). The maximum atomic E-state index is 11.9. The van der Waals surface area contributed by atoms with Crippen LogP contribution in [0.4, 0.5) is 0 Å². The number of aromatic nitrogens is 1. The summed E-state index contributed by atoms with van der Waals surface area (Å²) in [6.07, 6.45) is 3.97. The number of hydrogen-bond donors (Lipinski definition) is 1. The molecule has 1 saturated heterocycles. The van der Waals surface area contributed by atoms with E-state index in [1.807, 2.05) is 18.7 Å². The molecule has 3 nitrogen and oxygen atoms in total. The molecule has 1 fully saturated rings. The van der Waals surface area contributed by atoms with Gasteiger partial charge in [-0.1, -0.05) is 11.6 Å². The Morgan fingerprint density at radius 1 is 1.71 bits per heavy atom. The lowest BCUT2D eigenvalue weighted by molar-refractivity contribution is 0.0953. The molecule has 0 bridgehead atoms. The number of nitrogens with zero attached hydrogens (tertiary/aromatic N) is 1. The summed E-state index contributed by atoms with van der Waals surface area (Å²) >= 11 is 7.94. The first kappa shape index (κ1) is 12.7. The molecule has 17 heavy (non-hydrogen) atoms. The zero-order chi connectivity index (χ0) is 12.3. The van der Waals surface area contributed by atoms with Gasteiger partial charge in [-0.15, -0.1) is 0 Å². The quantitative estimate of drug-likeness (QED) is 0.918. The van der Waals surface area contributed by atoms with Crippen molar-refractivity contribution in [3.05, 3.63) is 28.5 Å². The Labute approximate surface area is 110 Å². The van der Waals surface area contributed by atoms with Crippen molar-refractivity contribution in [2.75, 3.05) is 12.3 Å². The number of amides is 1. The number of thioether (sulfide) groups is 1. The monoisotopic (exact) mass is 270 g/mol. The fourth-order valence-electron chi connectivity index (χ4n) is 1.80. The topological polar surface area (TPSA) is 42.0 Å². The van der Waals surface area contributed by atoms with E-state index >= 15 is 0 Å². The summed E-state index contributed by atoms with van der Waals surface area (Å²) in [6, 6.07) is 1.71. The van der Waals surface area contributed by atoms with Crippen molar-refractivity contribution in [1.29, 1.82) is 0 Å². The lowest BCUT2D eigenvalue weighted by Gasteiger charge is -2.10. The summed E-state index contributed by atoms with van der Waals surface area (Å²) in [5.74, 6) is 1.07. The third-order valence-electron chi connectivity index (χ3n) is 2.75. The van der Waals surface area contributed by atoms with Crippen LogP contribution in [-0.4, -0.2) is 28.4 Å². The molecule has 1 atom stereocenters. The number of halogens is 1. The van der Waals surface area contributed by atoms with E-state index in [0.717, 1.165) is 5.69 Å². The highest BCUT2D eigenvalue weighted by atomic mass is 35.5. The van der Waals surface area contributed by atoms with E-state index < -0.39 is 0 Å². The lowest BCUT2D eigenvalue weighted by atomic mass is 10.2. The molecular weight excluding hydrogens is 256 g/mol. The molecule has 0 aliphatic carbocycles. The van der Waals surface area contributed by atoms with Crippen LogP contribution in [0.25, 0.3) is 0 Å². The Kier molecular flexibility index (Phi) is 4.29. The molecule has 1 N–H and O–H groups in total. The normalized spacial score (nSPS) is 19.3. The summed E-state index contributed by atoms with van der Waals surface area (Å²) in [6.45, 7) is 2.57. The highest BCUT2D eigenvalue weighted by Crippen LogP contribution is 2.25. The number of aryl methyl sites for hydroxylation is 1. The van der Waals surface area contributed by atoms with Gasteiger partial charge in [-0.2, -0.15) is 11.8 Å². The van der Waals surface area contributed by atoms with Gasteiger partial charge in [0.2, 0.25) is 0 Å². The Bertz CT molecular complexity index is 419. The van der Waals surface area contributed by atoms with Crippen molar-refractivity contribution in [3.63, 3.8) is 0 Å². The molecule has 0 aromatic carbocycles. The molecule has 1 aliphatic rings. The minimum atomic E-state index is -0.130. The first-order valence-corrected chi connectivity index (χ1v) is 7.11. The summed E-state index contributed by atoms with van der Waals surface area (Å²) in [7, 11) is 0. The zero-order valence-electron chi connectivity index (χ0n) is 9.70. The summed E-state index contributed by atoms with van der Waals surface area (Å²) < 4.78 is 0. The second kappa shape index (κ2) is 5.74. The summed E-state index contributed by atoms with van der Waals surface area (Å²) in [5.41, 5.74) is 1.28. The van der Waals surface area contributed by atoms with E-state index in [1.165, 1.54) is 24.8 Å². The maximum absolute atomic E-state index is 11.9. The molecule has 92 valence electrons. The van der Waals surface area contributed by atoms with Crippen molar-refractivity contribution < 1.29 is 4.79 Å². The summed E-state index contributed by atoms with van der Waals surface area (Å²) in [4.78, 5) is 16.0. The Morgan fingerprint density at radius 2 is 2.53 bits per heavy atom. The minimum Gasteiger partial charge on any atom is -0.351 e. The molecule has 2 heterocycles. The van der Waals surface area contributed by atoms with Crippen molar-refractivity contribution in [2.45, 2.75) is 25.0 Å². The number of rotatable bonds is 3. The van der Waals surface area contributed by atoms with Gasteiger partial charge in [0.25, 0.3) is 5.91 Å². The average Bonchev–Trinajstić information content (AvgIpc) is 2.78. The highest BCUT2D eigenvalue weighted by molar-refractivity contribution is 8.00. The zero-order valence-corrected chi connectivity index (χ0v) is 11.3. The SMILES string of the molecule is Cc1cc(Cl)c(C(=O)NCC2CCCS2)cn1. The van der Waals surface area contributed by atoms with E-state index in [4.69, 9.17) is 11.6 Å². The van der Waals surface area contributed by atoms with Crippen LogP contribution in [-0.2, 0) is 0 Å². The van der Waals surface area contributed by atoms with Crippen molar-refractivity contribution in [2.24, 2.45) is 0 Å². The number of hydrogen-bond acceptors (Lipinski definition) is 3. The van der Waals surface area contributed by atoms with Gasteiger partial charge in [-0.05, 0) is 31.6 Å². The second-order valence-corrected chi connectivity index (χ2v) is 5.97. The molecule has 0 saturated carbocycles. The predicted molar refractivity (Wildman–Crippen MR) is 71.8 cm³/mol. The fraction of sp³-hybridized carbons (Fsp3) is 0.500. The van der Waals surface area contributed by atoms with Crippen LogP contribution in [0.1, 0.15) is 28.9 Å². The molecule has 1 amide bonds. The van der Waals surface area contributed by atoms with Gasteiger partial charge >= 0.3 is 0 Å². The molecule has 1 unspecified atom stereocenters. The van der Waals surface area contributed by atoms with Crippen molar-refractivity contribution in [3.8, 4) is 0 Å². The fourth-order valence-corrected chi connectivity index (χ4v) is 3.29. The first-order chi connectivity index (χ1) is 8.16. The van der Waals surface area contributed by atoms with Crippen molar-refractivity contribution >= 4 is 29.3 Å². The molecule has 0 radical (unpaired) electrons. The molecule has 5 heteroatoms. The van der Waals surface area contributed by atoms with E-state index in [1.54, 1.807) is 6.07 Å². The molecule has 1 aliphatic heterocycles. The van der Waals surface area contributed by atoms with Crippen LogP contribution in [0.15, 0.2) is 12.3 Å². The average molecular weight is 271 g/mol. The van der Waals surface area contributed by atoms with Gasteiger partial charge in [0.1, 0.15) is 0 Å². The first-order valence-electron chi connectivity index (χ1n) is 5.69. The third kappa shape index (κ3) is 3.36. The van der Waals surface area contributed by atoms with Crippen LogP contribution in [0.5, 0.6) is 0 Å². The Hall–Kier alpha value is -0.740. The summed E-state index contributed by atoms with van der Waals surface area (Å²) in [5, 5.41) is 3.94. The van der Waals surface area contributed by atoms with E-state index in [-0.39, 0.29) is 5.91 Å². The van der Waals surface area contributed by atoms with Crippen molar-refractivity contribution in [1.82, 2.24) is 10.3 Å². The van der Waals surface area contributed by atoms with Gasteiger partial charge in [-0.3, -0.25) is 9.78 Å². The van der Waals surface area contributed by atoms with Crippen LogP contribution < -0.4 is 5.32 Å². The number of nitrogens with one attached hydrogen (secondary N) is 1. The van der Waals surface area contributed by atoms with Gasteiger partial charge < -0.3 is 5.32 Å². The minimum absolute atomic E-state index is 0.130. The van der Waals surface area contributed by atoms with Crippen LogP contribution >= 0.6 is 23.4 Å². The molecule has 1 aromatic rings. The number of pyridine rings is 1. The third-order valence-corrected chi connectivity index (χ3v) is 4.46. The lowest BCUT2D eigenvalue weighted by Crippen LogP contribution is -2.30. The highest BCUT2D eigenvalue weighted by Gasteiger charge is 2.17. The van der Waals surface area contributed by atoms with E-state index in [9.17, 15) is 4.79 Å². The maximum Gasteiger partial charge on any atom is 0.254 e. The molecule has 1 aromatic heterocycles. The Balaban J connectivity index is 1.94. The van der Waals surface area contributed by atoms with Gasteiger partial charge in [0, 0.05) is 23.7 Å². The second-order valence-electron chi connectivity index (χ2n) is 4.15. The smallest absolute Gasteiger partial charge is 0.254 e. The number of carbonyl (C=O) groups is 1. The van der Waals surface area contributed by atoms with Crippen LogP contribution in [0.2, 0.25) is 5.02 Å². The van der Waals surface area contributed by atoms with Crippen LogP contribution in [0.3, 0.4) is 0 Å². The molecular formula is C12H15ClN2OS.